The van der Waals surface area contributed by atoms with Crippen LogP contribution in [0.4, 0.5) is 0 Å². The van der Waals surface area contributed by atoms with Crippen LogP contribution in [0.25, 0.3) is 0 Å². The van der Waals surface area contributed by atoms with Crippen LogP contribution in [0, 0.1) is 11.3 Å². The number of rotatable bonds is 1. The van der Waals surface area contributed by atoms with Crippen LogP contribution in [0.1, 0.15) is 11.1 Å². The molecule has 0 bridgehead atoms. The third-order valence-corrected chi connectivity index (χ3v) is 3.21. The first-order chi connectivity index (χ1) is 7.24. The van der Waals surface area contributed by atoms with Crippen molar-refractivity contribution in [1.82, 2.24) is 5.32 Å². The van der Waals surface area contributed by atoms with Crippen LogP contribution in [-0.2, 0) is 4.45 Å². The molecule has 1 N–H and O–H groups in total. The number of nitrogens with zero attached hydrogens (tertiary/aromatic N) is 1. The van der Waals surface area contributed by atoms with E-state index in [9.17, 15) is 0 Å². The number of allylic oxidation sites excluding steroid dienone is 2. The van der Waals surface area contributed by atoms with E-state index in [2.05, 4.69) is 27.3 Å². The SMILES string of the molecule is N#Cc1ccc(C2(Br)C=CC=CN2)cc1. The lowest BCUT2D eigenvalue weighted by molar-refractivity contribution is 0.696. The van der Waals surface area contributed by atoms with Crippen LogP contribution < -0.4 is 5.32 Å². The lowest BCUT2D eigenvalue weighted by Crippen LogP contribution is -2.31. The quantitative estimate of drug-likeness (QED) is 0.623. The maximum absolute atomic E-state index is 8.70. The van der Waals surface area contributed by atoms with Gasteiger partial charge in [0.25, 0.3) is 0 Å². The van der Waals surface area contributed by atoms with Gasteiger partial charge in [-0.2, -0.15) is 5.26 Å². The molecule has 3 heteroatoms. The summed E-state index contributed by atoms with van der Waals surface area (Å²) in [5, 5.41) is 11.9. The van der Waals surface area contributed by atoms with E-state index in [0.717, 1.165) is 5.56 Å². The van der Waals surface area contributed by atoms with Crippen LogP contribution in [0.15, 0.2) is 48.7 Å². The van der Waals surface area contributed by atoms with Crippen LogP contribution >= 0.6 is 15.9 Å². The Morgan fingerprint density at radius 3 is 2.47 bits per heavy atom. The van der Waals surface area contributed by atoms with Gasteiger partial charge in [0.05, 0.1) is 11.6 Å². The first-order valence-electron chi connectivity index (χ1n) is 4.56. The first-order valence-corrected chi connectivity index (χ1v) is 5.35. The largest absolute Gasteiger partial charge is 0.369 e. The van der Waals surface area contributed by atoms with Gasteiger partial charge in [-0.05, 0) is 36.0 Å². The average molecular weight is 261 g/mol. The molecule has 74 valence electrons. The van der Waals surface area contributed by atoms with Gasteiger partial charge < -0.3 is 5.32 Å². The van der Waals surface area contributed by atoms with Gasteiger partial charge in [0.1, 0.15) is 4.45 Å². The van der Waals surface area contributed by atoms with E-state index in [1.807, 2.05) is 48.7 Å². The Kier molecular flexibility index (Phi) is 2.61. The van der Waals surface area contributed by atoms with Crippen molar-refractivity contribution in [2.24, 2.45) is 0 Å². The third kappa shape index (κ3) is 1.95. The zero-order valence-electron chi connectivity index (χ0n) is 7.94. The Morgan fingerprint density at radius 1 is 1.20 bits per heavy atom. The molecule has 0 spiro atoms. The standard InChI is InChI=1S/C12H9BrN2/c13-12(7-1-2-8-15-12)11-5-3-10(9-14)4-6-11/h1-8,15H. The molecule has 0 saturated carbocycles. The van der Waals surface area contributed by atoms with Crippen molar-refractivity contribution in [3.05, 3.63) is 59.8 Å². The minimum absolute atomic E-state index is 0.351. The molecule has 1 aromatic carbocycles. The van der Waals surface area contributed by atoms with Crippen molar-refractivity contribution >= 4 is 15.9 Å². The molecule has 0 aromatic heterocycles. The van der Waals surface area contributed by atoms with E-state index in [0.29, 0.717) is 5.56 Å². The maximum Gasteiger partial charge on any atom is 0.137 e. The zero-order chi connectivity index (χ0) is 10.7. The van der Waals surface area contributed by atoms with E-state index < -0.39 is 0 Å². The molecule has 2 nitrogen and oxygen atoms in total. The fourth-order valence-corrected chi connectivity index (χ4v) is 1.98. The molecule has 1 atom stereocenters. The Morgan fingerprint density at radius 2 is 1.93 bits per heavy atom. The smallest absolute Gasteiger partial charge is 0.137 e. The number of alkyl halides is 1. The normalized spacial score (nSPS) is 23.2. The second-order valence-corrected chi connectivity index (χ2v) is 4.51. The fraction of sp³-hybridized carbons (Fsp3) is 0.0833. The summed E-state index contributed by atoms with van der Waals surface area (Å²) in [7, 11) is 0. The van der Waals surface area contributed by atoms with Gasteiger partial charge in [-0.15, -0.1) is 0 Å². The number of benzene rings is 1. The molecule has 0 radical (unpaired) electrons. The number of hydrogen-bond donors (Lipinski definition) is 1. The summed E-state index contributed by atoms with van der Waals surface area (Å²) in [6, 6.07) is 9.59. The van der Waals surface area contributed by atoms with Crippen LogP contribution in [0.5, 0.6) is 0 Å². The van der Waals surface area contributed by atoms with Gasteiger partial charge in [0.15, 0.2) is 0 Å². The Hall–Kier alpha value is -1.53. The predicted molar refractivity (Wildman–Crippen MR) is 63.2 cm³/mol. The summed E-state index contributed by atoms with van der Waals surface area (Å²) in [6.45, 7) is 0. The Labute approximate surface area is 97.0 Å². The van der Waals surface area contributed by atoms with E-state index in [1.165, 1.54) is 0 Å². The number of halogens is 1. The van der Waals surface area contributed by atoms with Gasteiger partial charge >= 0.3 is 0 Å². The van der Waals surface area contributed by atoms with Crippen molar-refractivity contribution in [3.8, 4) is 6.07 Å². The molecule has 1 aliphatic heterocycles. The lowest BCUT2D eigenvalue weighted by Gasteiger charge is -2.26. The Bertz CT molecular complexity index is 454. The first kappa shape index (κ1) is 10.0. The van der Waals surface area contributed by atoms with Crippen LogP contribution in [0.3, 0.4) is 0 Å². The summed E-state index contributed by atoms with van der Waals surface area (Å²) in [5.74, 6) is 0. The van der Waals surface area contributed by atoms with Crippen molar-refractivity contribution < 1.29 is 0 Å². The summed E-state index contributed by atoms with van der Waals surface area (Å²) in [5.41, 5.74) is 1.74. The molecule has 2 rings (SSSR count). The molecule has 0 fully saturated rings. The topological polar surface area (TPSA) is 35.8 Å². The second kappa shape index (κ2) is 3.92. The van der Waals surface area contributed by atoms with Crippen LogP contribution in [-0.4, -0.2) is 0 Å². The van der Waals surface area contributed by atoms with Crippen molar-refractivity contribution in [2.75, 3.05) is 0 Å². The Balaban J connectivity index is 2.34. The van der Waals surface area contributed by atoms with E-state index in [4.69, 9.17) is 5.26 Å². The van der Waals surface area contributed by atoms with E-state index in [-0.39, 0.29) is 4.45 Å². The number of nitrogens with one attached hydrogen (secondary N) is 1. The van der Waals surface area contributed by atoms with Gasteiger partial charge in [-0.1, -0.05) is 34.1 Å². The van der Waals surface area contributed by atoms with Gasteiger partial charge in [-0.3, -0.25) is 0 Å². The minimum atomic E-state index is -0.351. The molecular weight excluding hydrogens is 252 g/mol. The molecule has 0 aliphatic carbocycles. The van der Waals surface area contributed by atoms with Crippen molar-refractivity contribution in [2.45, 2.75) is 4.45 Å². The zero-order valence-corrected chi connectivity index (χ0v) is 9.53. The van der Waals surface area contributed by atoms with Gasteiger partial charge in [-0.25, -0.2) is 0 Å². The highest BCUT2D eigenvalue weighted by molar-refractivity contribution is 9.09. The number of hydrogen-bond acceptors (Lipinski definition) is 2. The molecule has 15 heavy (non-hydrogen) atoms. The monoisotopic (exact) mass is 260 g/mol. The van der Waals surface area contributed by atoms with Crippen molar-refractivity contribution in [1.29, 1.82) is 5.26 Å². The third-order valence-electron chi connectivity index (χ3n) is 2.26. The summed E-state index contributed by atoms with van der Waals surface area (Å²) in [4.78, 5) is 0. The predicted octanol–water partition coefficient (Wildman–Crippen LogP) is 2.78. The van der Waals surface area contributed by atoms with Gasteiger partial charge in [0, 0.05) is 0 Å². The fourth-order valence-electron chi connectivity index (χ4n) is 1.43. The highest BCUT2D eigenvalue weighted by Crippen LogP contribution is 2.31. The molecule has 0 amide bonds. The summed E-state index contributed by atoms with van der Waals surface area (Å²) in [6.07, 6.45) is 7.81. The molecule has 1 heterocycles. The highest BCUT2D eigenvalue weighted by atomic mass is 79.9. The summed E-state index contributed by atoms with van der Waals surface area (Å²) < 4.78 is -0.351. The maximum atomic E-state index is 8.70. The number of dihydropyridines is 1. The van der Waals surface area contributed by atoms with Crippen molar-refractivity contribution in [3.63, 3.8) is 0 Å². The highest BCUT2D eigenvalue weighted by Gasteiger charge is 2.24. The molecule has 1 aromatic rings. The van der Waals surface area contributed by atoms with E-state index >= 15 is 0 Å². The molecule has 1 unspecified atom stereocenters. The van der Waals surface area contributed by atoms with E-state index in [1.54, 1.807) is 0 Å². The second-order valence-electron chi connectivity index (χ2n) is 3.26. The summed E-state index contributed by atoms with van der Waals surface area (Å²) >= 11 is 3.62. The van der Waals surface area contributed by atoms with Crippen LogP contribution in [0.2, 0.25) is 0 Å². The lowest BCUT2D eigenvalue weighted by atomic mass is 10.0. The number of nitriles is 1. The average Bonchev–Trinajstić information content (AvgIpc) is 2.30. The minimum Gasteiger partial charge on any atom is -0.369 e. The molecule has 0 saturated heterocycles. The van der Waals surface area contributed by atoms with Gasteiger partial charge in [0.2, 0.25) is 0 Å². The molecular formula is C12H9BrN2. The molecule has 1 aliphatic rings.